The molecular weight excluding hydrogens is 112 g/mol. The lowest BCUT2D eigenvalue weighted by molar-refractivity contribution is 0.759. The maximum Gasteiger partial charge on any atom is 0.108 e. The summed E-state index contributed by atoms with van der Waals surface area (Å²) in [6, 6.07) is 0. The first-order valence-electron chi connectivity index (χ1n) is 3.30. The Morgan fingerprint density at radius 2 is 2.44 bits per heavy atom. The topological polar surface area (TPSA) is 17.8 Å². The van der Waals surface area contributed by atoms with Crippen LogP contribution in [0.4, 0.5) is 0 Å². The van der Waals surface area contributed by atoms with Crippen molar-refractivity contribution in [1.29, 1.82) is 0 Å². The molecule has 9 heavy (non-hydrogen) atoms. The molecule has 1 rings (SSSR count). The molecule has 0 aliphatic rings. The van der Waals surface area contributed by atoms with Gasteiger partial charge in [-0.05, 0) is 6.42 Å². The fourth-order valence-electron chi connectivity index (χ4n) is 0.861. The van der Waals surface area contributed by atoms with Gasteiger partial charge in [0.25, 0.3) is 0 Å². The first-order chi connectivity index (χ1) is 4.34. The van der Waals surface area contributed by atoms with Crippen molar-refractivity contribution < 1.29 is 0 Å². The summed E-state index contributed by atoms with van der Waals surface area (Å²) in [5.41, 5.74) is 0. The Kier molecular flexibility index (Phi) is 1.88. The fraction of sp³-hybridized carbons (Fsp3) is 0.571. The van der Waals surface area contributed by atoms with Crippen LogP contribution in [0.3, 0.4) is 0 Å². The highest BCUT2D eigenvalue weighted by atomic mass is 15.0. The van der Waals surface area contributed by atoms with Crippen LogP contribution in [0.1, 0.15) is 19.2 Å². The molecule has 0 unspecified atom stereocenters. The van der Waals surface area contributed by atoms with Gasteiger partial charge in [-0.3, -0.25) is 0 Å². The number of rotatable bonds is 2. The molecule has 1 aromatic rings. The molecule has 1 aromatic heterocycles. The summed E-state index contributed by atoms with van der Waals surface area (Å²) in [7, 11) is 2.03. The largest absolute Gasteiger partial charge is 0.338 e. The van der Waals surface area contributed by atoms with E-state index in [2.05, 4.69) is 16.5 Å². The van der Waals surface area contributed by atoms with Crippen LogP contribution in [0.15, 0.2) is 12.4 Å². The van der Waals surface area contributed by atoms with E-state index >= 15 is 0 Å². The van der Waals surface area contributed by atoms with Crippen LogP contribution in [-0.2, 0) is 13.5 Å². The van der Waals surface area contributed by atoms with Crippen molar-refractivity contribution in [2.24, 2.45) is 7.05 Å². The molecule has 1 heterocycles. The maximum atomic E-state index is 4.17. The van der Waals surface area contributed by atoms with Crippen molar-refractivity contribution >= 4 is 0 Å². The summed E-state index contributed by atoms with van der Waals surface area (Å²) in [4.78, 5) is 4.17. The van der Waals surface area contributed by atoms with Crippen molar-refractivity contribution in [1.82, 2.24) is 9.55 Å². The highest BCUT2D eigenvalue weighted by Gasteiger charge is 1.93. The molecule has 0 atom stereocenters. The van der Waals surface area contributed by atoms with Crippen LogP contribution in [0, 0.1) is 0 Å². The molecule has 0 aromatic carbocycles. The van der Waals surface area contributed by atoms with Crippen LogP contribution in [0.25, 0.3) is 0 Å². The van der Waals surface area contributed by atoms with E-state index in [-0.39, 0.29) is 0 Å². The third-order valence-electron chi connectivity index (χ3n) is 1.39. The fourth-order valence-corrected chi connectivity index (χ4v) is 0.861. The van der Waals surface area contributed by atoms with Crippen molar-refractivity contribution in [3.05, 3.63) is 18.2 Å². The van der Waals surface area contributed by atoms with Crippen molar-refractivity contribution in [3.63, 3.8) is 0 Å². The van der Waals surface area contributed by atoms with Gasteiger partial charge in [0.05, 0.1) is 0 Å². The smallest absolute Gasteiger partial charge is 0.108 e. The van der Waals surface area contributed by atoms with E-state index in [9.17, 15) is 0 Å². The summed E-state index contributed by atoms with van der Waals surface area (Å²) in [5, 5.41) is 0. The number of hydrogen-bond acceptors (Lipinski definition) is 1. The first kappa shape index (κ1) is 6.33. The lowest BCUT2D eigenvalue weighted by Crippen LogP contribution is -1.95. The molecule has 0 bridgehead atoms. The van der Waals surface area contributed by atoms with Crippen LogP contribution in [-0.4, -0.2) is 9.55 Å². The molecule has 0 saturated carbocycles. The molecule has 0 fully saturated rings. The first-order valence-corrected chi connectivity index (χ1v) is 3.30. The Morgan fingerprint density at radius 3 is 2.89 bits per heavy atom. The molecule has 0 radical (unpaired) electrons. The van der Waals surface area contributed by atoms with Gasteiger partial charge in [-0.1, -0.05) is 6.92 Å². The van der Waals surface area contributed by atoms with Gasteiger partial charge in [-0.25, -0.2) is 4.98 Å². The normalized spacial score (nSPS) is 10.0. The van der Waals surface area contributed by atoms with Gasteiger partial charge in [0.15, 0.2) is 0 Å². The molecule has 0 N–H and O–H groups in total. The van der Waals surface area contributed by atoms with E-state index in [4.69, 9.17) is 0 Å². The monoisotopic (exact) mass is 124 g/mol. The standard InChI is InChI=1S/C7H12N2/c1-3-4-7-8-5-6-9(7)2/h5-6H,3-4H2,1-2H3. The van der Waals surface area contributed by atoms with Gasteiger partial charge in [0.1, 0.15) is 5.82 Å². The van der Waals surface area contributed by atoms with E-state index in [0.717, 1.165) is 6.42 Å². The van der Waals surface area contributed by atoms with Crippen molar-refractivity contribution in [2.45, 2.75) is 19.8 Å². The van der Waals surface area contributed by atoms with E-state index in [1.807, 2.05) is 19.4 Å². The zero-order valence-electron chi connectivity index (χ0n) is 5.96. The Labute approximate surface area is 55.5 Å². The third-order valence-corrected chi connectivity index (χ3v) is 1.39. The average Bonchev–Trinajstić information content (AvgIpc) is 2.18. The van der Waals surface area contributed by atoms with Gasteiger partial charge in [0, 0.05) is 25.9 Å². The van der Waals surface area contributed by atoms with Crippen molar-refractivity contribution in [2.75, 3.05) is 0 Å². The highest BCUT2D eigenvalue weighted by molar-refractivity contribution is 4.90. The summed E-state index contributed by atoms with van der Waals surface area (Å²) in [6.07, 6.45) is 6.07. The molecule has 0 aliphatic carbocycles. The lowest BCUT2D eigenvalue weighted by atomic mass is 10.3. The van der Waals surface area contributed by atoms with Crippen LogP contribution < -0.4 is 0 Å². The second kappa shape index (κ2) is 2.67. The van der Waals surface area contributed by atoms with E-state index in [1.165, 1.54) is 12.2 Å². The molecule has 2 nitrogen and oxygen atoms in total. The Morgan fingerprint density at radius 1 is 1.67 bits per heavy atom. The van der Waals surface area contributed by atoms with Gasteiger partial charge >= 0.3 is 0 Å². The third kappa shape index (κ3) is 1.31. The van der Waals surface area contributed by atoms with Gasteiger partial charge in [0.2, 0.25) is 0 Å². The lowest BCUT2D eigenvalue weighted by Gasteiger charge is -1.95. The quantitative estimate of drug-likeness (QED) is 0.582. The molecular formula is C7H12N2. The Hall–Kier alpha value is -0.790. The van der Waals surface area contributed by atoms with Crippen LogP contribution in [0.5, 0.6) is 0 Å². The molecule has 0 amide bonds. The zero-order valence-corrected chi connectivity index (χ0v) is 5.96. The summed E-state index contributed by atoms with van der Waals surface area (Å²) >= 11 is 0. The number of aryl methyl sites for hydroxylation is 2. The SMILES string of the molecule is CCCc1nccn1C. The summed E-state index contributed by atoms with van der Waals surface area (Å²) < 4.78 is 2.06. The van der Waals surface area contributed by atoms with Crippen LogP contribution in [0.2, 0.25) is 0 Å². The second-order valence-corrected chi connectivity index (χ2v) is 2.20. The minimum atomic E-state index is 1.09. The van der Waals surface area contributed by atoms with Crippen molar-refractivity contribution in [3.8, 4) is 0 Å². The average molecular weight is 124 g/mol. The maximum absolute atomic E-state index is 4.17. The van der Waals surface area contributed by atoms with Crippen LogP contribution >= 0.6 is 0 Å². The van der Waals surface area contributed by atoms with Gasteiger partial charge in [-0.15, -0.1) is 0 Å². The predicted molar refractivity (Wildman–Crippen MR) is 37.2 cm³/mol. The molecule has 0 spiro atoms. The zero-order chi connectivity index (χ0) is 6.69. The molecule has 0 saturated heterocycles. The minimum Gasteiger partial charge on any atom is -0.338 e. The molecule has 2 heteroatoms. The summed E-state index contributed by atoms with van der Waals surface area (Å²) in [6.45, 7) is 2.16. The number of nitrogens with zero attached hydrogens (tertiary/aromatic N) is 2. The highest BCUT2D eigenvalue weighted by Crippen LogP contribution is 1.96. The Balaban J connectivity index is 2.69. The molecule has 0 aliphatic heterocycles. The predicted octanol–water partition coefficient (Wildman–Crippen LogP) is 1.37. The number of aromatic nitrogens is 2. The van der Waals surface area contributed by atoms with E-state index in [1.54, 1.807) is 0 Å². The minimum absolute atomic E-state index is 1.09. The van der Waals surface area contributed by atoms with Gasteiger partial charge in [-0.2, -0.15) is 0 Å². The number of imidazole rings is 1. The van der Waals surface area contributed by atoms with Gasteiger partial charge < -0.3 is 4.57 Å². The number of hydrogen-bond donors (Lipinski definition) is 0. The van der Waals surface area contributed by atoms with E-state index in [0.29, 0.717) is 0 Å². The Bertz CT molecular complexity index is 179. The molecule has 50 valence electrons. The summed E-state index contributed by atoms with van der Waals surface area (Å²) in [5.74, 6) is 1.18. The second-order valence-electron chi connectivity index (χ2n) is 2.20. The van der Waals surface area contributed by atoms with E-state index < -0.39 is 0 Å².